The van der Waals surface area contributed by atoms with Crippen LogP contribution in [-0.2, 0) is 10.0 Å². The van der Waals surface area contributed by atoms with Crippen molar-refractivity contribution in [3.8, 4) is 6.07 Å². The van der Waals surface area contributed by atoms with Gasteiger partial charge in [0.05, 0.1) is 28.0 Å². The number of aryl methyl sites for hydroxylation is 1. The predicted molar refractivity (Wildman–Crippen MR) is 93.8 cm³/mol. The lowest BCUT2D eigenvalue weighted by Gasteiger charge is -2.24. The maximum atomic E-state index is 13.2. The molecule has 0 aliphatic carbocycles. The molecule has 0 heterocycles. The highest BCUT2D eigenvalue weighted by Gasteiger charge is 2.29. The number of benzene rings is 2. The first-order chi connectivity index (χ1) is 11.8. The number of sulfonamides is 1. The number of anilines is 1. The molecule has 0 fully saturated rings. The van der Waals surface area contributed by atoms with Crippen LogP contribution in [0.15, 0.2) is 47.4 Å². The number of nitrogens with zero attached hydrogens (tertiary/aromatic N) is 3. The van der Waals surface area contributed by atoms with Gasteiger partial charge in [-0.3, -0.25) is 14.4 Å². The SMILES string of the molecule is Cc1cc([N+](=O)[O-])cc(S(=O)(=O)N(CCC#N)c2ccccc2)c1C. The second kappa shape index (κ2) is 7.32. The van der Waals surface area contributed by atoms with Crippen LogP contribution < -0.4 is 4.31 Å². The molecule has 7 nitrogen and oxygen atoms in total. The molecular formula is C17H17N3O4S. The molecule has 0 saturated heterocycles. The Kier molecular flexibility index (Phi) is 5.39. The second-order valence-corrected chi connectivity index (χ2v) is 7.29. The molecule has 0 bridgehead atoms. The van der Waals surface area contributed by atoms with Gasteiger partial charge in [-0.05, 0) is 37.1 Å². The van der Waals surface area contributed by atoms with Gasteiger partial charge >= 0.3 is 0 Å². The van der Waals surface area contributed by atoms with Crippen molar-refractivity contribution < 1.29 is 13.3 Å². The third-order valence-corrected chi connectivity index (χ3v) is 5.81. The van der Waals surface area contributed by atoms with E-state index >= 15 is 0 Å². The Morgan fingerprint density at radius 3 is 2.40 bits per heavy atom. The molecule has 130 valence electrons. The summed E-state index contributed by atoms with van der Waals surface area (Å²) in [6, 6.07) is 12.7. The Morgan fingerprint density at radius 2 is 1.84 bits per heavy atom. The van der Waals surface area contributed by atoms with Gasteiger partial charge in [-0.2, -0.15) is 5.26 Å². The zero-order chi connectivity index (χ0) is 18.6. The van der Waals surface area contributed by atoms with E-state index in [0.29, 0.717) is 16.8 Å². The van der Waals surface area contributed by atoms with Gasteiger partial charge in [0, 0.05) is 18.7 Å². The van der Waals surface area contributed by atoms with E-state index in [0.717, 1.165) is 10.4 Å². The molecule has 0 N–H and O–H groups in total. The summed E-state index contributed by atoms with van der Waals surface area (Å²) < 4.78 is 27.5. The maximum Gasteiger partial charge on any atom is 0.271 e. The highest BCUT2D eigenvalue weighted by molar-refractivity contribution is 7.92. The van der Waals surface area contributed by atoms with Crippen LogP contribution in [0, 0.1) is 35.3 Å². The number of hydrogen-bond donors (Lipinski definition) is 0. The first-order valence-corrected chi connectivity index (χ1v) is 8.93. The summed E-state index contributed by atoms with van der Waals surface area (Å²) in [5.41, 5.74) is 1.08. The highest BCUT2D eigenvalue weighted by atomic mass is 32.2. The molecule has 0 aliphatic heterocycles. The summed E-state index contributed by atoms with van der Waals surface area (Å²) in [5, 5.41) is 20.0. The standard InChI is InChI=1S/C17H17N3O4S/c1-13-11-16(20(21)22)12-17(14(13)2)25(23,24)19(10-6-9-18)15-7-4-3-5-8-15/h3-5,7-8,11-12H,6,10H2,1-2H3. The van der Waals surface area contributed by atoms with E-state index in [9.17, 15) is 18.5 Å². The molecule has 2 aromatic rings. The average molecular weight is 359 g/mol. The van der Waals surface area contributed by atoms with Crippen molar-refractivity contribution in [3.63, 3.8) is 0 Å². The van der Waals surface area contributed by atoms with Crippen LogP contribution in [0.2, 0.25) is 0 Å². The number of para-hydroxylation sites is 1. The fraction of sp³-hybridized carbons (Fsp3) is 0.235. The van der Waals surface area contributed by atoms with Crippen LogP contribution in [0.3, 0.4) is 0 Å². The van der Waals surface area contributed by atoms with E-state index in [-0.39, 0.29) is 23.5 Å². The summed E-state index contributed by atoms with van der Waals surface area (Å²) >= 11 is 0. The molecule has 8 heteroatoms. The fourth-order valence-electron chi connectivity index (χ4n) is 2.43. The van der Waals surface area contributed by atoms with Crippen molar-refractivity contribution in [2.24, 2.45) is 0 Å². The second-order valence-electron chi connectivity index (χ2n) is 5.46. The van der Waals surface area contributed by atoms with Gasteiger partial charge in [0.15, 0.2) is 0 Å². The molecule has 0 unspecified atom stereocenters. The van der Waals surface area contributed by atoms with Crippen LogP contribution in [0.4, 0.5) is 11.4 Å². The van der Waals surface area contributed by atoms with Gasteiger partial charge in [0.25, 0.3) is 15.7 Å². The number of non-ortho nitro benzene ring substituents is 1. The smallest absolute Gasteiger partial charge is 0.265 e. The molecular weight excluding hydrogens is 342 g/mol. The zero-order valence-electron chi connectivity index (χ0n) is 13.8. The minimum atomic E-state index is -4.06. The van der Waals surface area contributed by atoms with Gasteiger partial charge < -0.3 is 0 Å². The number of nitro groups is 1. The summed E-state index contributed by atoms with van der Waals surface area (Å²) in [7, 11) is -4.06. The van der Waals surface area contributed by atoms with Crippen LogP contribution in [0.1, 0.15) is 17.5 Å². The van der Waals surface area contributed by atoms with Crippen LogP contribution in [-0.4, -0.2) is 19.9 Å². The van der Waals surface area contributed by atoms with E-state index in [1.165, 1.54) is 6.07 Å². The van der Waals surface area contributed by atoms with Crippen molar-refractivity contribution in [3.05, 3.63) is 63.7 Å². The first kappa shape index (κ1) is 18.4. The molecule has 0 aromatic heterocycles. The molecule has 0 amide bonds. The molecule has 25 heavy (non-hydrogen) atoms. The van der Waals surface area contributed by atoms with Crippen molar-refractivity contribution in [1.82, 2.24) is 0 Å². The minimum absolute atomic E-state index is 0.00107. The zero-order valence-corrected chi connectivity index (χ0v) is 14.7. The maximum absolute atomic E-state index is 13.2. The van der Waals surface area contributed by atoms with Crippen molar-refractivity contribution >= 4 is 21.4 Å². The topological polar surface area (TPSA) is 104 Å². The molecule has 0 saturated carbocycles. The number of rotatable bonds is 6. The molecule has 0 radical (unpaired) electrons. The number of hydrogen-bond acceptors (Lipinski definition) is 5. The summed E-state index contributed by atoms with van der Waals surface area (Å²) in [6.45, 7) is 3.20. The lowest BCUT2D eigenvalue weighted by Crippen LogP contribution is -2.32. The Hall–Kier alpha value is -2.92. The Morgan fingerprint density at radius 1 is 1.20 bits per heavy atom. The summed E-state index contributed by atoms with van der Waals surface area (Å²) in [6.07, 6.45) is 0.00107. The molecule has 2 aromatic carbocycles. The molecule has 0 aliphatic rings. The minimum Gasteiger partial charge on any atom is -0.265 e. The Bertz CT molecular complexity index is 934. The van der Waals surface area contributed by atoms with Gasteiger partial charge in [0.1, 0.15) is 0 Å². The van der Waals surface area contributed by atoms with Crippen LogP contribution in [0.5, 0.6) is 0 Å². The number of nitriles is 1. The first-order valence-electron chi connectivity index (χ1n) is 7.49. The molecule has 0 spiro atoms. The normalized spacial score (nSPS) is 10.9. The monoisotopic (exact) mass is 359 g/mol. The summed E-state index contributed by atoms with van der Waals surface area (Å²) in [4.78, 5) is 10.4. The predicted octanol–water partition coefficient (Wildman–Crippen LogP) is 3.32. The third kappa shape index (κ3) is 3.78. The van der Waals surface area contributed by atoms with E-state index in [2.05, 4.69) is 0 Å². The van der Waals surface area contributed by atoms with Crippen molar-refractivity contribution in [2.45, 2.75) is 25.2 Å². The quantitative estimate of drug-likeness (QED) is 0.581. The Labute approximate surface area is 146 Å². The number of nitro benzene ring substituents is 1. The van der Waals surface area contributed by atoms with Crippen molar-refractivity contribution in [1.29, 1.82) is 5.26 Å². The average Bonchev–Trinajstić information content (AvgIpc) is 2.58. The van der Waals surface area contributed by atoms with Gasteiger partial charge in [-0.1, -0.05) is 18.2 Å². The summed E-state index contributed by atoms with van der Waals surface area (Å²) in [5.74, 6) is 0. The fourth-order valence-corrected chi connectivity index (χ4v) is 4.22. The van der Waals surface area contributed by atoms with Gasteiger partial charge in [0.2, 0.25) is 0 Å². The van der Waals surface area contributed by atoms with Gasteiger partial charge in [-0.15, -0.1) is 0 Å². The third-order valence-electron chi connectivity index (χ3n) is 3.85. The molecule has 0 atom stereocenters. The lowest BCUT2D eigenvalue weighted by atomic mass is 10.1. The van der Waals surface area contributed by atoms with Gasteiger partial charge in [-0.25, -0.2) is 8.42 Å². The van der Waals surface area contributed by atoms with E-state index < -0.39 is 14.9 Å². The Balaban J connectivity index is 2.65. The van der Waals surface area contributed by atoms with E-state index in [1.54, 1.807) is 44.2 Å². The van der Waals surface area contributed by atoms with E-state index in [4.69, 9.17) is 5.26 Å². The lowest BCUT2D eigenvalue weighted by molar-refractivity contribution is -0.385. The largest absolute Gasteiger partial charge is 0.271 e. The highest BCUT2D eigenvalue weighted by Crippen LogP contribution is 2.30. The van der Waals surface area contributed by atoms with E-state index in [1.807, 2.05) is 6.07 Å². The van der Waals surface area contributed by atoms with Crippen LogP contribution >= 0.6 is 0 Å². The van der Waals surface area contributed by atoms with Crippen LogP contribution in [0.25, 0.3) is 0 Å². The molecule has 2 rings (SSSR count). The van der Waals surface area contributed by atoms with Crippen molar-refractivity contribution in [2.75, 3.05) is 10.8 Å².